The molecule has 0 aromatic carbocycles. The van der Waals surface area contributed by atoms with Crippen LogP contribution in [0.1, 0.15) is 9.88 Å². The second kappa shape index (κ2) is 2.23. The minimum atomic E-state index is -4.29. The first-order valence-corrected chi connectivity index (χ1v) is 3.24. The summed E-state index contributed by atoms with van der Waals surface area (Å²) in [5, 5.41) is 0.382. The van der Waals surface area contributed by atoms with Crippen LogP contribution in [0.15, 0.2) is 0 Å². The monoisotopic (exact) mass is 166 g/mol. The summed E-state index contributed by atoms with van der Waals surface area (Å²) in [5.74, 6) is 0. The molecule has 1 aromatic heterocycles. The SMILES string of the molecule is Cc1n[c]c(C(F)(F)F)s1. The van der Waals surface area contributed by atoms with Crippen LogP contribution in [-0.2, 0) is 6.18 Å². The van der Waals surface area contributed by atoms with Crippen LogP contribution in [0.4, 0.5) is 13.2 Å². The summed E-state index contributed by atoms with van der Waals surface area (Å²) in [4.78, 5) is 2.60. The maximum absolute atomic E-state index is 11.7. The highest BCUT2D eigenvalue weighted by Crippen LogP contribution is 2.32. The van der Waals surface area contributed by atoms with Gasteiger partial charge in [-0.1, -0.05) is 0 Å². The quantitative estimate of drug-likeness (QED) is 0.576. The van der Waals surface area contributed by atoms with Crippen LogP contribution in [0, 0.1) is 13.1 Å². The molecule has 0 spiro atoms. The van der Waals surface area contributed by atoms with Crippen molar-refractivity contribution in [2.75, 3.05) is 0 Å². The minimum Gasteiger partial charge on any atom is -0.239 e. The van der Waals surface area contributed by atoms with Crippen molar-refractivity contribution in [1.29, 1.82) is 0 Å². The van der Waals surface area contributed by atoms with Crippen LogP contribution in [-0.4, -0.2) is 4.98 Å². The van der Waals surface area contributed by atoms with Gasteiger partial charge < -0.3 is 0 Å². The van der Waals surface area contributed by atoms with E-state index >= 15 is 0 Å². The molecule has 0 atom stereocenters. The Morgan fingerprint density at radius 3 is 2.30 bits per heavy atom. The molecule has 1 heterocycles. The maximum atomic E-state index is 11.7. The first-order valence-electron chi connectivity index (χ1n) is 2.42. The third-order valence-electron chi connectivity index (χ3n) is 0.822. The number of rotatable bonds is 0. The van der Waals surface area contributed by atoms with Gasteiger partial charge in [0.25, 0.3) is 0 Å². The molecule has 0 aliphatic heterocycles. The van der Waals surface area contributed by atoms with Crippen LogP contribution >= 0.6 is 11.3 Å². The number of aromatic nitrogens is 1. The van der Waals surface area contributed by atoms with E-state index in [9.17, 15) is 13.2 Å². The van der Waals surface area contributed by atoms with Gasteiger partial charge in [0.05, 0.1) is 5.01 Å². The number of nitrogens with zero attached hydrogens (tertiary/aromatic N) is 1. The highest BCUT2D eigenvalue weighted by molar-refractivity contribution is 7.11. The fourth-order valence-electron chi connectivity index (χ4n) is 0.444. The zero-order valence-electron chi connectivity index (χ0n) is 4.99. The Labute approximate surface area is 59.5 Å². The maximum Gasteiger partial charge on any atom is 0.427 e. The van der Waals surface area contributed by atoms with Crippen molar-refractivity contribution >= 4 is 11.3 Å². The summed E-state index contributed by atoms with van der Waals surface area (Å²) in [5.41, 5.74) is 0. The van der Waals surface area contributed by atoms with E-state index < -0.39 is 11.1 Å². The Morgan fingerprint density at radius 1 is 1.50 bits per heavy atom. The van der Waals surface area contributed by atoms with Crippen molar-refractivity contribution in [3.63, 3.8) is 0 Å². The van der Waals surface area contributed by atoms with E-state index in [1.54, 1.807) is 0 Å². The van der Waals surface area contributed by atoms with Crippen molar-refractivity contribution in [1.82, 2.24) is 4.98 Å². The lowest BCUT2D eigenvalue weighted by Crippen LogP contribution is -2.00. The second-order valence-electron chi connectivity index (χ2n) is 1.67. The molecule has 0 fully saturated rings. The molecule has 10 heavy (non-hydrogen) atoms. The lowest BCUT2D eigenvalue weighted by molar-refractivity contribution is -0.134. The summed E-state index contributed by atoms with van der Waals surface area (Å²) < 4.78 is 35.2. The molecule has 0 aliphatic carbocycles. The third-order valence-corrected chi connectivity index (χ3v) is 1.74. The molecule has 0 saturated carbocycles. The highest BCUT2D eigenvalue weighted by atomic mass is 32.1. The van der Waals surface area contributed by atoms with Gasteiger partial charge in [0.2, 0.25) is 0 Å². The molecule has 5 heteroatoms. The zero-order chi connectivity index (χ0) is 7.78. The van der Waals surface area contributed by atoms with Crippen molar-refractivity contribution in [2.45, 2.75) is 13.1 Å². The predicted molar refractivity (Wildman–Crippen MR) is 30.7 cm³/mol. The molecular weight excluding hydrogens is 163 g/mol. The van der Waals surface area contributed by atoms with Crippen LogP contribution < -0.4 is 0 Å². The van der Waals surface area contributed by atoms with Crippen molar-refractivity contribution < 1.29 is 13.2 Å². The summed E-state index contributed by atoms with van der Waals surface area (Å²) in [6.07, 6.45) is -2.40. The lowest BCUT2D eigenvalue weighted by atomic mass is 10.5. The van der Waals surface area contributed by atoms with Crippen LogP contribution in [0.25, 0.3) is 0 Å². The molecule has 0 amide bonds. The fraction of sp³-hybridized carbons (Fsp3) is 0.400. The molecule has 0 bridgehead atoms. The van der Waals surface area contributed by atoms with E-state index in [-0.39, 0.29) is 0 Å². The number of aryl methyl sites for hydroxylation is 1. The molecule has 1 radical (unpaired) electrons. The van der Waals surface area contributed by atoms with E-state index in [2.05, 4.69) is 4.98 Å². The molecule has 0 unspecified atom stereocenters. The van der Waals surface area contributed by atoms with E-state index in [1.165, 1.54) is 6.92 Å². The van der Waals surface area contributed by atoms with Crippen LogP contribution in [0.3, 0.4) is 0 Å². The second-order valence-corrected chi connectivity index (χ2v) is 2.87. The number of hydrogen-bond donors (Lipinski definition) is 0. The van der Waals surface area contributed by atoms with Crippen LogP contribution in [0.5, 0.6) is 0 Å². The highest BCUT2D eigenvalue weighted by Gasteiger charge is 2.33. The van der Waals surface area contributed by atoms with Gasteiger partial charge in [-0.3, -0.25) is 0 Å². The number of halogens is 3. The smallest absolute Gasteiger partial charge is 0.239 e. The van der Waals surface area contributed by atoms with E-state index in [4.69, 9.17) is 0 Å². The normalized spacial score (nSPS) is 12.0. The molecule has 1 nitrogen and oxygen atoms in total. The predicted octanol–water partition coefficient (Wildman–Crippen LogP) is 2.27. The third kappa shape index (κ3) is 1.47. The van der Waals surface area contributed by atoms with E-state index in [0.717, 1.165) is 0 Å². The van der Waals surface area contributed by atoms with Gasteiger partial charge in [-0.15, -0.1) is 11.3 Å². The Hall–Kier alpha value is -0.580. The number of alkyl halides is 3. The van der Waals surface area contributed by atoms with E-state index in [1.807, 2.05) is 6.20 Å². The van der Waals surface area contributed by atoms with Crippen LogP contribution in [0.2, 0.25) is 0 Å². The molecule has 0 N–H and O–H groups in total. The Bertz CT molecular complexity index is 227. The standard InChI is InChI=1S/C5H3F3NS/c1-3-9-2-4(10-3)5(6,7)8/h1H3. The van der Waals surface area contributed by atoms with Gasteiger partial charge in [0.1, 0.15) is 11.1 Å². The van der Waals surface area contributed by atoms with E-state index in [0.29, 0.717) is 16.3 Å². The Morgan fingerprint density at radius 2 is 2.10 bits per heavy atom. The van der Waals surface area contributed by atoms with Gasteiger partial charge in [-0.2, -0.15) is 13.2 Å². The lowest BCUT2D eigenvalue weighted by Gasteiger charge is -1.98. The summed E-state index contributed by atoms with van der Waals surface area (Å²) >= 11 is 0.603. The van der Waals surface area contributed by atoms with Gasteiger partial charge in [0, 0.05) is 0 Å². The van der Waals surface area contributed by atoms with Crippen molar-refractivity contribution in [2.24, 2.45) is 0 Å². The average Bonchev–Trinajstić information content (AvgIpc) is 2.11. The zero-order valence-corrected chi connectivity index (χ0v) is 5.81. The van der Waals surface area contributed by atoms with Gasteiger partial charge in [-0.25, -0.2) is 4.98 Å². The Kier molecular flexibility index (Phi) is 1.68. The molecule has 0 aliphatic rings. The number of thiazole rings is 1. The minimum absolute atomic E-state index is 0.382. The molecule has 55 valence electrons. The largest absolute Gasteiger partial charge is 0.427 e. The first kappa shape index (κ1) is 7.53. The van der Waals surface area contributed by atoms with Crippen molar-refractivity contribution in [3.8, 4) is 0 Å². The molecule has 1 rings (SSSR count). The van der Waals surface area contributed by atoms with Gasteiger partial charge in [0.15, 0.2) is 0 Å². The van der Waals surface area contributed by atoms with Gasteiger partial charge >= 0.3 is 6.18 Å². The summed E-state index contributed by atoms with van der Waals surface area (Å²) in [7, 11) is 0. The first-order chi connectivity index (χ1) is 4.50. The molecule has 1 aromatic rings. The molecular formula is C5H3F3NS. The summed E-state index contributed by atoms with van der Waals surface area (Å²) in [6.45, 7) is 1.51. The Balaban J connectivity index is 2.96. The average molecular weight is 166 g/mol. The van der Waals surface area contributed by atoms with Crippen molar-refractivity contribution in [3.05, 3.63) is 16.1 Å². The topological polar surface area (TPSA) is 12.9 Å². The molecule has 0 saturated heterocycles. The fourth-order valence-corrected chi connectivity index (χ4v) is 1.04. The summed E-state index contributed by atoms with van der Waals surface area (Å²) in [6, 6.07) is 0. The number of hydrogen-bond acceptors (Lipinski definition) is 2. The van der Waals surface area contributed by atoms with Gasteiger partial charge in [-0.05, 0) is 6.92 Å².